The summed E-state index contributed by atoms with van der Waals surface area (Å²) < 4.78 is 45.5. The summed E-state index contributed by atoms with van der Waals surface area (Å²) in [5.74, 6) is 0.526. The van der Waals surface area contributed by atoms with Gasteiger partial charge < -0.3 is 9.13 Å². The summed E-state index contributed by atoms with van der Waals surface area (Å²) in [6.07, 6.45) is 0. The molecule has 298 valence electrons. The van der Waals surface area contributed by atoms with Gasteiger partial charge in [-0.3, -0.25) is 4.57 Å². The minimum atomic E-state index is -0.291. The molecule has 0 saturated carbocycles. The van der Waals surface area contributed by atoms with Crippen LogP contribution in [0.3, 0.4) is 0 Å². The standard InChI is InChI=1S/C59H36N4S/c1-8-26-48-38(17-1)39-18-2-9-27-49(39)61(48)37-35-47(60-57(36-37)63-52-30-12-5-21-42(52)43-22-6-13-31-53(43)63)59-45(44-25-16-34-56-58(44)46-23-7-14-33-55(46)64-56)24-15-32-54(59)62-50-28-10-3-19-40(50)41-20-4-11-29-51(41)62/h1-36H/i5D,12D,21D,30D. The Balaban J connectivity index is 1.19. The number of aromatic nitrogens is 4. The van der Waals surface area contributed by atoms with E-state index in [1.807, 2.05) is 28.8 Å². The molecule has 5 heterocycles. The summed E-state index contributed by atoms with van der Waals surface area (Å²) >= 11 is 1.80. The molecule has 64 heavy (non-hydrogen) atoms. The van der Waals surface area contributed by atoms with E-state index in [0.717, 1.165) is 82.6 Å². The first-order valence-corrected chi connectivity index (χ1v) is 22.3. The minimum absolute atomic E-state index is 0.0789. The molecule has 0 bridgehead atoms. The molecular weight excluding hydrogens is 797 g/mol. The van der Waals surface area contributed by atoms with Crippen LogP contribution < -0.4 is 0 Å². The normalized spacial score (nSPS) is 12.9. The number of rotatable bonds is 5. The average molecular weight is 837 g/mol. The minimum Gasteiger partial charge on any atom is -0.309 e. The Labute approximate surface area is 377 Å². The summed E-state index contributed by atoms with van der Waals surface area (Å²) in [5, 5.41) is 8.11. The van der Waals surface area contributed by atoms with Gasteiger partial charge in [-0.25, -0.2) is 4.98 Å². The number of hydrogen-bond acceptors (Lipinski definition) is 2. The van der Waals surface area contributed by atoms with Crippen LogP contribution in [0.5, 0.6) is 0 Å². The number of pyridine rings is 1. The van der Waals surface area contributed by atoms with Crippen LogP contribution in [-0.2, 0) is 0 Å². The highest BCUT2D eigenvalue weighted by Gasteiger charge is 2.25. The first-order valence-electron chi connectivity index (χ1n) is 23.5. The molecule has 0 aliphatic carbocycles. The lowest BCUT2D eigenvalue weighted by atomic mass is 9.92. The maximum atomic E-state index is 9.48. The second-order valence-corrected chi connectivity index (χ2v) is 17.4. The topological polar surface area (TPSA) is 27.7 Å². The van der Waals surface area contributed by atoms with Gasteiger partial charge >= 0.3 is 0 Å². The fraction of sp³-hybridized carbons (Fsp3) is 0. The number of para-hydroxylation sites is 6. The van der Waals surface area contributed by atoms with Crippen molar-refractivity contribution >= 4 is 96.9 Å². The number of nitrogens with zero attached hydrogens (tertiary/aromatic N) is 4. The highest BCUT2D eigenvalue weighted by atomic mass is 32.1. The van der Waals surface area contributed by atoms with E-state index in [1.165, 1.54) is 20.2 Å². The third-order valence-electron chi connectivity index (χ3n) is 13.0. The van der Waals surface area contributed by atoms with Crippen LogP contribution in [0.25, 0.3) is 125 Å². The van der Waals surface area contributed by atoms with Gasteiger partial charge in [0.15, 0.2) is 0 Å². The average Bonchev–Trinajstić information content (AvgIpc) is 4.14. The van der Waals surface area contributed by atoms with Crippen molar-refractivity contribution < 1.29 is 5.48 Å². The second kappa shape index (κ2) is 13.6. The summed E-state index contributed by atoms with van der Waals surface area (Å²) in [6.45, 7) is 0. The molecule has 0 aliphatic rings. The van der Waals surface area contributed by atoms with Gasteiger partial charge in [0.2, 0.25) is 0 Å². The quantitative estimate of drug-likeness (QED) is 0.170. The maximum absolute atomic E-state index is 9.48. The first-order chi connectivity index (χ1) is 33.4. The Kier molecular flexibility index (Phi) is 6.72. The van der Waals surface area contributed by atoms with Crippen molar-refractivity contribution in [2.24, 2.45) is 0 Å². The molecule has 0 amide bonds. The molecule has 9 aromatic carbocycles. The summed E-state index contributed by atoms with van der Waals surface area (Å²) in [5.41, 5.74) is 10.9. The van der Waals surface area contributed by atoms with Crippen molar-refractivity contribution in [3.8, 4) is 39.6 Å². The summed E-state index contributed by atoms with van der Waals surface area (Å²) in [6, 6.07) is 67.3. The van der Waals surface area contributed by atoms with Crippen molar-refractivity contribution in [3.05, 3.63) is 218 Å². The van der Waals surface area contributed by atoms with E-state index in [0.29, 0.717) is 22.4 Å². The molecule has 0 unspecified atom stereocenters. The number of hydrogen-bond donors (Lipinski definition) is 0. The van der Waals surface area contributed by atoms with E-state index in [9.17, 15) is 2.74 Å². The highest BCUT2D eigenvalue weighted by Crippen LogP contribution is 2.47. The van der Waals surface area contributed by atoms with E-state index >= 15 is 0 Å². The van der Waals surface area contributed by atoms with Crippen molar-refractivity contribution in [2.75, 3.05) is 0 Å². The van der Waals surface area contributed by atoms with Crippen LogP contribution in [0.2, 0.25) is 0 Å². The van der Waals surface area contributed by atoms with Crippen LogP contribution in [0.4, 0.5) is 0 Å². The fourth-order valence-electron chi connectivity index (χ4n) is 10.4. The van der Waals surface area contributed by atoms with Crippen LogP contribution >= 0.6 is 11.3 Å². The van der Waals surface area contributed by atoms with Crippen molar-refractivity contribution in [1.82, 2.24) is 18.7 Å². The van der Waals surface area contributed by atoms with Gasteiger partial charge in [0.05, 0.1) is 55.7 Å². The van der Waals surface area contributed by atoms with Gasteiger partial charge in [0.25, 0.3) is 0 Å². The molecule has 5 aromatic heterocycles. The first kappa shape index (κ1) is 31.6. The zero-order valence-corrected chi connectivity index (χ0v) is 35.0. The van der Waals surface area contributed by atoms with Crippen molar-refractivity contribution in [3.63, 3.8) is 0 Å². The van der Waals surface area contributed by atoms with Gasteiger partial charge in [0, 0.05) is 64.1 Å². The van der Waals surface area contributed by atoms with Gasteiger partial charge in [-0.2, -0.15) is 0 Å². The van der Waals surface area contributed by atoms with Crippen LogP contribution in [0.15, 0.2) is 218 Å². The lowest BCUT2D eigenvalue weighted by molar-refractivity contribution is 1.06. The molecular formula is C59H36N4S. The zero-order chi connectivity index (χ0) is 45.4. The van der Waals surface area contributed by atoms with E-state index in [-0.39, 0.29) is 24.2 Å². The maximum Gasteiger partial charge on any atom is 0.140 e. The van der Waals surface area contributed by atoms with E-state index in [4.69, 9.17) is 7.73 Å². The third-order valence-corrected chi connectivity index (χ3v) is 14.1. The van der Waals surface area contributed by atoms with Gasteiger partial charge in [-0.1, -0.05) is 152 Å². The highest BCUT2D eigenvalue weighted by molar-refractivity contribution is 7.25. The number of fused-ring (bicyclic) bond motifs is 12. The van der Waals surface area contributed by atoms with Crippen molar-refractivity contribution in [1.29, 1.82) is 0 Å². The summed E-state index contributed by atoms with van der Waals surface area (Å²) in [4.78, 5) is 5.77. The molecule has 5 heteroatoms. The molecule has 0 radical (unpaired) electrons. The number of thiophene rings is 1. The van der Waals surface area contributed by atoms with E-state index in [2.05, 4.69) is 179 Å². The van der Waals surface area contributed by atoms with Crippen LogP contribution in [0.1, 0.15) is 5.48 Å². The van der Waals surface area contributed by atoms with Gasteiger partial charge in [0.1, 0.15) is 5.82 Å². The molecule has 0 atom stereocenters. The lowest BCUT2D eigenvalue weighted by Crippen LogP contribution is -2.06. The Hall–Kier alpha value is -8.25. The molecule has 0 spiro atoms. The Morgan fingerprint density at radius 2 is 0.891 bits per heavy atom. The van der Waals surface area contributed by atoms with E-state index < -0.39 is 0 Å². The SMILES string of the molecule is [2H]c1c([2H])c([2H])c2c(c1[2H])c1ccccc1n2-c1cc(-n2c3ccccc3c3ccccc32)cc(-c2c(-c3cccc4sc5ccccc5c34)cccc2-n2c3ccccc3c3ccccc32)n1. The van der Waals surface area contributed by atoms with Gasteiger partial charge in [-0.15, -0.1) is 11.3 Å². The zero-order valence-electron chi connectivity index (χ0n) is 38.2. The molecule has 0 fully saturated rings. The lowest BCUT2D eigenvalue weighted by Gasteiger charge is -2.21. The van der Waals surface area contributed by atoms with Crippen LogP contribution in [-0.4, -0.2) is 18.7 Å². The second-order valence-electron chi connectivity index (χ2n) is 16.4. The fourth-order valence-corrected chi connectivity index (χ4v) is 11.5. The largest absolute Gasteiger partial charge is 0.309 e. The predicted molar refractivity (Wildman–Crippen MR) is 271 cm³/mol. The molecule has 0 aliphatic heterocycles. The molecule has 0 saturated heterocycles. The Morgan fingerprint density at radius 3 is 1.55 bits per heavy atom. The Bertz CT molecular complexity index is 4350. The Morgan fingerprint density at radius 1 is 0.391 bits per heavy atom. The van der Waals surface area contributed by atoms with E-state index in [1.54, 1.807) is 11.3 Å². The number of benzene rings is 9. The molecule has 4 nitrogen and oxygen atoms in total. The smallest absolute Gasteiger partial charge is 0.140 e. The monoisotopic (exact) mass is 836 g/mol. The predicted octanol–water partition coefficient (Wildman–Crippen LogP) is 16.1. The van der Waals surface area contributed by atoms with Crippen LogP contribution in [0, 0.1) is 0 Å². The van der Waals surface area contributed by atoms with Crippen molar-refractivity contribution in [2.45, 2.75) is 0 Å². The third kappa shape index (κ3) is 5.01. The molecule has 14 aromatic rings. The molecule has 0 N–H and O–H groups in total. The molecule has 14 rings (SSSR count). The van der Waals surface area contributed by atoms with Gasteiger partial charge in [-0.05, 0) is 71.8 Å². The summed E-state index contributed by atoms with van der Waals surface area (Å²) in [7, 11) is 0.